The van der Waals surface area contributed by atoms with Gasteiger partial charge in [0.15, 0.2) is 11.4 Å². The van der Waals surface area contributed by atoms with Crippen molar-refractivity contribution in [3.05, 3.63) is 39.7 Å². The number of hydrogen-bond acceptors (Lipinski definition) is 9. The van der Waals surface area contributed by atoms with Crippen LogP contribution in [-0.4, -0.2) is 68.6 Å². The molecule has 1 saturated carbocycles. The third kappa shape index (κ3) is 4.21. The predicted molar refractivity (Wildman–Crippen MR) is 141 cm³/mol. The lowest BCUT2D eigenvalue weighted by Crippen LogP contribution is -2.58. The second kappa shape index (κ2) is 9.98. The number of likely N-dealkylation sites (tertiary alicyclic amines) is 1. The number of phenolic OH excluding ortho intramolecular Hbond substituents is 1. The van der Waals surface area contributed by atoms with Gasteiger partial charge < -0.3 is 30.9 Å². The van der Waals surface area contributed by atoms with E-state index in [1.54, 1.807) is 6.07 Å². The first-order valence-electron chi connectivity index (χ1n) is 13.6. The first-order chi connectivity index (χ1) is 18.5. The van der Waals surface area contributed by atoms with Gasteiger partial charge in [0.05, 0.1) is 12.7 Å². The average Bonchev–Trinajstić information content (AvgIpc) is 2.87. The van der Waals surface area contributed by atoms with Gasteiger partial charge >= 0.3 is 0 Å². The van der Waals surface area contributed by atoms with Crippen LogP contribution in [0.25, 0.3) is 5.76 Å². The monoisotopic (exact) mass is 540 g/mol. The highest BCUT2D eigenvalue weighted by Crippen LogP contribution is 2.53. The summed E-state index contributed by atoms with van der Waals surface area (Å²) < 4.78 is 5.80. The number of nitrogens with zero attached hydrogens (tertiary/aromatic N) is 1. The summed E-state index contributed by atoms with van der Waals surface area (Å²) in [5, 5.41) is 44.4. The standard InChI is InChI=1S/C29H36N2O8/c1-3-4-14-5-7-31(8-6-14)13-16-11-19(32)22-18(25(16)39-2)10-15-9-17-12-20(33)23(28(30)37)27(36)29(17,38)26(35)21(15)24(22)34/h11,14-15,17,32,34,36,38H,3-10,12-13H2,1-2H3,(H2,30,37)/t15?,17-,29-/m0/s1. The normalized spacial score (nSPS) is 27.8. The first kappa shape index (κ1) is 27.2. The van der Waals surface area contributed by atoms with Crippen LogP contribution in [-0.2, 0) is 27.3 Å². The maximum atomic E-state index is 13.6. The molecule has 0 radical (unpaired) electrons. The van der Waals surface area contributed by atoms with Crippen LogP contribution in [0.15, 0.2) is 23.0 Å². The molecule has 1 aromatic rings. The van der Waals surface area contributed by atoms with E-state index in [9.17, 15) is 34.8 Å². The molecule has 3 aliphatic carbocycles. The van der Waals surface area contributed by atoms with Crippen molar-refractivity contribution in [3.8, 4) is 11.5 Å². The highest BCUT2D eigenvalue weighted by Gasteiger charge is 2.60. The summed E-state index contributed by atoms with van der Waals surface area (Å²) in [6.45, 7) is 4.65. The lowest BCUT2D eigenvalue weighted by Gasteiger charge is -2.46. The number of carbonyl (C=O) groups is 3. The maximum absolute atomic E-state index is 13.6. The fraction of sp³-hybridized carbons (Fsp3) is 0.552. The molecule has 6 N–H and O–H groups in total. The zero-order valence-corrected chi connectivity index (χ0v) is 22.3. The van der Waals surface area contributed by atoms with Crippen molar-refractivity contribution in [3.63, 3.8) is 0 Å². The molecule has 1 saturated heterocycles. The number of hydrogen-bond donors (Lipinski definition) is 5. The Morgan fingerprint density at radius 2 is 1.87 bits per heavy atom. The van der Waals surface area contributed by atoms with Crippen molar-refractivity contribution in [2.24, 2.45) is 23.5 Å². The Labute approximate surface area is 226 Å². The molecule has 0 bridgehead atoms. The fourth-order valence-electron chi connectivity index (χ4n) is 7.19. The number of benzene rings is 1. The maximum Gasteiger partial charge on any atom is 0.255 e. The number of aliphatic hydroxyl groups is 3. The van der Waals surface area contributed by atoms with Crippen LogP contribution < -0.4 is 10.5 Å². The molecular weight excluding hydrogens is 504 g/mol. The minimum atomic E-state index is -2.57. The van der Waals surface area contributed by atoms with E-state index in [4.69, 9.17) is 10.5 Å². The van der Waals surface area contributed by atoms with Crippen LogP contribution in [0.5, 0.6) is 11.5 Å². The Kier molecular flexibility index (Phi) is 6.97. The second-order valence-corrected chi connectivity index (χ2v) is 11.4. The summed E-state index contributed by atoms with van der Waals surface area (Å²) in [6, 6.07) is 1.54. The molecule has 5 rings (SSSR count). The number of ketones is 2. The minimum absolute atomic E-state index is 0.0457. The smallest absolute Gasteiger partial charge is 0.255 e. The van der Waals surface area contributed by atoms with Crippen molar-refractivity contribution in [1.29, 1.82) is 0 Å². The molecule has 39 heavy (non-hydrogen) atoms. The van der Waals surface area contributed by atoms with E-state index in [0.717, 1.165) is 37.4 Å². The predicted octanol–water partition coefficient (Wildman–Crippen LogP) is 2.44. The number of primary amides is 1. The molecule has 3 atom stereocenters. The number of fused-ring (bicyclic) bond motifs is 3. The van der Waals surface area contributed by atoms with Crippen molar-refractivity contribution in [2.75, 3.05) is 20.2 Å². The molecule has 1 heterocycles. The van der Waals surface area contributed by atoms with Crippen molar-refractivity contribution in [1.82, 2.24) is 4.90 Å². The quantitative estimate of drug-likeness (QED) is 0.340. The van der Waals surface area contributed by atoms with E-state index in [1.165, 1.54) is 20.0 Å². The van der Waals surface area contributed by atoms with Gasteiger partial charge in [-0.3, -0.25) is 19.3 Å². The zero-order valence-electron chi connectivity index (χ0n) is 22.3. The molecule has 1 unspecified atom stereocenters. The van der Waals surface area contributed by atoms with Gasteiger partial charge in [-0.05, 0) is 56.7 Å². The first-order valence-corrected chi connectivity index (χ1v) is 13.6. The van der Waals surface area contributed by atoms with Gasteiger partial charge in [0.25, 0.3) is 5.91 Å². The van der Waals surface area contributed by atoms with Gasteiger partial charge in [-0.15, -0.1) is 0 Å². The topological polar surface area (TPSA) is 171 Å². The van der Waals surface area contributed by atoms with Crippen molar-refractivity contribution in [2.45, 2.75) is 64.0 Å². The Hall–Kier alpha value is -3.37. The van der Waals surface area contributed by atoms with E-state index in [0.29, 0.717) is 17.9 Å². The molecule has 0 aromatic heterocycles. The molecular formula is C29H36N2O8. The lowest BCUT2D eigenvalue weighted by molar-refractivity contribution is -0.147. The fourth-order valence-corrected chi connectivity index (χ4v) is 7.19. The number of aromatic hydroxyl groups is 1. The van der Waals surface area contributed by atoms with Crippen LogP contribution in [0.2, 0.25) is 0 Å². The highest BCUT2D eigenvalue weighted by atomic mass is 16.5. The number of ether oxygens (including phenoxy) is 1. The molecule has 10 heteroatoms. The van der Waals surface area contributed by atoms with E-state index < -0.39 is 52.0 Å². The number of amides is 1. The van der Waals surface area contributed by atoms with E-state index in [2.05, 4.69) is 11.8 Å². The zero-order chi connectivity index (χ0) is 28.2. The van der Waals surface area contributed by atoms with Crippen LogP contribution in [0.1, 0.15) is 62.1 Å². The number of phenols is 1. The average molecular weight is 541 g/mol. The molecule has 0 spiro atoms. The Morgan fingerprint density at radius 3 is 2.49 bits per heavy atom. The van der Waals surface area contributed by atoms with Crippen LogP contribution in [0, 0.1) is 17.8 Å². The van der Waals surface area contributed by atoms with Crippen LogP contribution in [0.3, 0.4) is 0 Å². The second-order valence-electron chi connectivity index (χ2n) is 11.4. The van der Waals surface area contributed by atoms with Gasteiger partial charge in [0, 0.05) is 35.6 Å². The number of methoxy groups -OCH3 is 1. The SMILES string of the molecule is CCCC1CCN(Cc2cc(O)c3c(c2OC)CC2C[C@H]4CC(=O)C(C(N)=O)=C(O)[C@@]4(O)C(=O)C2=C3O)CC1. The Bertz CT molecular complexity index is 1310. The van der Waals surface area contributed by atoms with Gasteiger partial charge in [0.2, 0.25) is 5.78 Å². The Morgan fingerprint density at radius 1 is 1.18 bits per heavy atom. The Balaban J connectivity index is 1.53. The summed E-state index contributed by atoms with van der Waals surface area (Å²) in [5.74, 6) is -5.14. The lowest BCUT2D eigenvalue weighted by atomic mass is 9.59. The third-order valence-electron chi connectivity index (χ3n) is 9.09. The molecule has 1 aliphatic heterocycles. The minimum Gasteiger partial charge on any atom is -0.508 e. The molecule has 1 aromatic carbocycles. The van der Waals surface area contributed by atoms with Crippen molar-refractivity contribution < 1.29 is 39.5 Å². The summed E-state index contributed by atoms with van der Waals surface area (Å²) in [4.78, 5) is 40.3. The highest BCUT2D eigenvalue weighted by molar-refractivity contribution is 6.22. The number of rotatable bonds is 6. The molecule has 4 aliphatic rings. The number of aliphatic hydroxyl groups excluding tert-OH is 2. The summed E-state index contributed by atoms with van der Waals surface area (Å²) in [6.07, 6.45) is 4.59. The van der Waals surface area contributed by atoms with Crippen LogP contribution >= 0.6 is 0 Å². The summed E-state index contributed by atoms with van der Waals surface area (Å²) in [5.41, 5.74) is 3.08. The molecule has 2 fully saturated rings. The summed E-state index contributed by atoms with van der Waals surface area (Å²) >= 11 is 0. The van der Waals surface area contributed by atoms with Gasteiger partial charge in [-0.2, -0.15) is 0 Å². The van der Waals surface area contributed by atoms with E-state index in [-0.39, 0.29) is 36.1 Å². The van der Waals surface area contributed by atoms with E-state index >= 15 is 0 Å². The van der Waals surface area contributed by atoms with E-state index in [1.807, 2.05) is 0 Å². The third-order valence-corrected chi connectivity index (χ3v) is 9.09. The largest absolute Gasteiger partial charge is 0.508 e. The number of Topliss-reactive ketones (excluding diaryl/α,β-unsaturated/α-hetero) is 2. The molecule has 10 nitrogen and oxygen atoms in total. The van der Waals surface area contributed by atoms with Crippen molar-refractivity contribution >= 4 is 23.2 Å². The molecule has 210 valence electrons. The van der Waals surface area contributed by atoms with Crippen LogP contribution in [0.4, 0.5) is 0 Å². The van der Waals surface area contributed by atoms with Gasteiger partial charge in [-0.25, -0.2) is 0 Å². The summed E-state index contributed by atoms with van der Waals surface area (Å²) in [7, 11) is 1.53. The number of nitrogens with two attached hydrogens (primary N) is 1. The van der Waals surface area contributed by atoms with Gasteiger partial charge in [0.1, 0.15) is 28.6 Å². The number of carbonyl (C=O) groups excluding carboxylic acids is 3. The molecule has 1 amide bonds. The number of piperidine rings is 1. The van der Waals surface area contributed by atoms with Gasteiger partial charge in [-0.1, -0.05) is 19.8 Å².